The summed E-state index contributed by atoms with van der Waals surface area (Å²) in [6.45, 7) is 7.42. The number of amides is 1. The Hall–Kier alpha value is -1.84. The van der Waals surface area contributed by atoms with E-state index in [1.807, 2.05) is 58.0 Å². The van der Waals surface area contributed by atoms with Crippen LogP contribution >= 0.6 is 0 Å². The van der Waals surface area contributed by atoms with E-state index in [0.29, 0.717) is 6.42 Å². The second-order valence-corrected chi connectivity index (χ2v) is 6.22. The van der Waals surface area contributed by atoms with E-state index < -0.39 is 16.9 Å². The van der Waals surface area contributed by atoms with Gasteiger partial charge >= 0.3 is 5.97 Å². The number of hydrogen-bond donors (Lipinski definition) is 2. The second-order valence-electron chi connectivity index (χ2n) is 6.22. The SMILES string of the molecule is CC(C)(CCC(=O)O)NC(=O)C(C)(C)c1ccccc1. The number of aliphatic carboxylic acids is 1. The molecule has 0 heterocycles. The Morgan fingerprint density at radius 1 is 1.10 bits per heavy atom. The van der Waals surface area contributed by atoms with Gasteiger partial charge in [-0.15, -0.1) is 0 Å². The molecule has 0 aliphatic rings. The summed E-state index contributed by atoms with van der Waals surface area (Å²) >= 11 is 0. The standard InChI is InChI=1S/C16H23NO3/c1-15(2,11-10-13(18)19)17-14(20)16(3,4)12-8-6-5-7-9-12/h5-9H,10-11H2,1-4H3,(H,17,20)(H,18,19). The first-order valence-corrected chi connectivity index (χ1v) is 6.75. The molecule has 1 amide bonds. The molecule has 0 fully saturated rings. The van der Waals surface area contributed by atoms with E-state index in [1.54, 1.807) is 0 Å². The Morgan fingerprint density at radius 2 is 1.65 bits per heavy atom. The third-order valence-electron chi connectivity index (χ3n) is 3.48. The van der Waals surface area contributed by atoms with Crippen LogP contribution < -0.4 is 5.32 Å². The monoisotopic (exact) mass is 277 g/mol. The quantitative estimate of drug-likeness (QED) is 0.840. The van der Waals surface area contributed by atoms with Crippen LogP contribution in [-0.2, 0) is 15.0 Å². The van der Waals surface area contributed by atoms with Crippen LogP contribution in [0.4, 0.5) is 0 Å². The Labute approximate surface area is 120 Å². The molecular formula is C16H23NO3. The largest absolute Gasteiger partial charge is 0.481 e. The first kappa shape index (κ1) is 16.2. The molecular weight excluding hydrogens is 254 g/mol. The second kappa shape index (κ2) is 6.07. The number of carboxylic acid groups (broad SMARTS) is 1. The summed E-state index contributed by atoms with van der Waals surface area (Å²) in [6, 6.07) is 9.56. The number of nitrogens with one attached hydrogen (secondary N) is 1. The molecule has 20 heavy (non-hydrogen) atoms. The van der Waals surface area contributed by atoms with E-state index >= 15 is 0 Å². The maximum Gasteiger partial charge on any atom is 0.303 e. The summed E-state index contributed by atoms with van der Waals surface area (Å²) in [5.74, 6) is -0.950. The molecule has 0 unspecified atom stereocenters. The van der Waals surface area contributed by atoms with Gasteiger partial charge in [-0.2, -0.15) is 0 Å². The molecule has 0 radical (unpaired) electrons. The van der Waals surface area contributed by atoms with Gasteiger partial charge in [0.1, 0.15) is 0 Å². The molecule has 0 atom stereocenters. The van der Waals surface area contributed by atoms with Crippen molar-refractivity contribution in [3.05, 3.63) is 35.9 Å². The highest BCUT2D eigenvalue weighted by Gasteiger charge is 2.33. The molecule has 0 aromatic heterocycles. The van der Waals surface area contributed by atoms with Crippen molar-refractivity contribution >= 4 is 11.9 Å². The summed E-state index contributed by atoms with van der Waals surface area (Å²) in [7, 11) is 0. The van der Waals surface area contributed by atoms with Gasteiger partial charge in [0, 0.05) is 12.0 Å². The fourth-order valence-corrected chi connectivity index (χ4v) is 1.93. The van der Waals surface area contributed by atoms with Crippen LogP contribution in [0.2, 0.25) is 0 Å². The lowest BCUT2D eigenvalue weighted by molar-refractivity contribution is -0.138. The van der Waals surface area contributed by atoms with E-state index in [-0.39, 0.29) is 12.3 Å². The van der Waals surface area contributed by atoms with Crippen molar-refractivity contribution < 1.29 is 14.7 Å². The molecule has 0 spiro atoms. The number of benzene rings is 1. The van der Waals surface area contributed by atoms with Gasteiger partial charge in [0.2, 0.25) is 5.91 Å². The third kappa shape index (κ3) is 4.37. The van der Waals surface area contributed by atoms with Crippen LogP contribution in [0, 0.1) is 0 Å². The van der Waals surface area contributed by atoms with Gasteiger partial charge in [-0.1, -0.05) is 30.3 Å². The summed E-state index contributed by atoms with van der Waals surface area (Å²) < 4.78 is 0. The highest BCUT2D eigenvalue weighted by Crippen LogP contribution is 2.24. The topological polar surface area (TPSA) is 66.4 Å². The molecule has 4 nitrogen and oxygen atoms in total. The van der Waals surface area contributed by atoms with Crippen LogP contribution in [-0.4, -0.2) is 22.5 Å². The highest BCUT2D eigenvalue weighted by atomic mass is 16.4. The summed E-state index contributed by atoms with van der Waals surface area (Å²) in [6.07, 6.45) is 0.442. The van der Waals surface area contributed by atoms with Crippen molar-refractivity contribution in [3.63, 3.8) is 0 Å². The summed E-state index contributed by atoms with van der Waals surface area (Å²) in [5, 5.41) is 11.7. The van der Waals surface area contributed by atoms with E-state index in [9.17, 15) is 9.59 Å². The molecule has 110 valence electrons. The fourth-order valence-electron chi connectivity index (χ4n) is 1.93. The molecule has 0 saturated carbocycles. The Balaban J connectivity index is 2.77. The van der Waals surface area contributed by atoms with Crippen LogP contribution in [0.3, 0.4) is 0 Å². The minimum absolute atomic E-state index is 0.0407. The van der Waals surface area contributed by atoms with Crippen molar-refractivity contribution in [2.24, 2.45) is 0 Å². The molecule has 1 aromatic carbocycles. The van der Waals surface area contributed by atoms with Gasteiger partial charge in [0.05, 0.1) is 5.41 Å². The lowest BCUT2D eigenvalue weighted by Crippen LogP contribution is -2.50. The Bertz CT molecular complexity index is 478. The molecule has 1 aromatic rings. The third-order valence-corrected chi connectivity index (χ3v) is 3.48. The van der Waals surface area contributed by atoms with Crippen molar-refractivity contribution in [1.29, 1.82) is 0 Å². The predicted molar refractivity (Wildman–Crippen MR) is 78.6 cm³/mol. The number of carbonyl (C=O) groups excluding carboxylic acids is 1. The van der Waals surface area contributed by atoms with Gasteiger partial charge < -0.3 is 10.4 Å². The van der Waals surface area contributed by atoms with Crippen molar-refractivity contribution in [2.75, 3.05) is 0 Å². The van der Waals surface area contributed by atoms with Crippen LogP contribution in [0.5, 0.6) is 0 Å². The average Bonchev–Trinajstić information content (AvgIpc) is 2.37. The normalized spacial score (nSPS) is 12.0. The number of carboxylic acids is 1. The molecule has 0 aliphatic carbocycles. The van der Waals surface area contributed by atoms with Crippen LogP contribution in [0.25, 0.3) is 0 Å². The number of carbonyl (C=O) groups is 2. The zero-order valence-electron chi connectivity index (χ0n) is 12.6. The highest BCUT2D eigenvalue weighted by molar-refractivity contribution is 5.87. The van der Waals surface area contributed by atoms with Crippen molar-refractivity contribution in [1.82, 2.24) is 5.32 Å². The summed E-state index contributed by atoms with van der Waals surface area (Å²) in [5.41, 5.74) is -0.255. The van der Waals surface area contributed by atoms with Gasteiger partial charge in [-0.3, -0.25) is 9.59 Å². The number of rotatable bonds is 6. The van der Waals surface area contributed by atoms with Crippen molar-refractivity contribution in [3.8, 4) is 0 Å². The Morgan fingerprint density at radius 3 is 2.15 bits per heavy atom. The lowest BCUT2D eigenvalue weighted by atomic mass is 9.82. The fraction of sp³-hybridized carbons (Fsp3) is 0.500. The maximum atomic E-state index is 12.5. The lowest BCUT2D eigenvalue weighted by Gasteiger charge is -2.32. The predicted octanol–water partition coefficient (Wildman–Crippen LogP) is 2.72. The van der Waals surface area contributed by atoms with Gasteiger partial charge in [-0.25, -0.2) is 0 Å². The first-order valence-electron chi connectivity index (χ1n) is 6.75. The van der Waals surface area contributed by atoms with E-state index in [0.717, 1.165) is 5.56 Å². The molecule has 4 heteroatoms. The van der Waals surface area contributed by atoms with Crippen LogP contribution in [0.15, 0.2) is 30.3 Å². The molecule has 1 rings (SSSR count). The number of hydrogen-bond acceptors (Lipinski definition) is 2. The van der Waals surface area contributed by atoms with Gasteiger partial charge in [-0.05, 0) is 39.7 Å². The van der Waals surface area contributed by atoms with Crippen molar-refractivity contribution in [2.45, 2.75) is 51.5 Å². The first-order chi connectivity index (χ1) is 9.15. The average molecular weight is 277 g/mol. The van der Waals surface area contributed by atoms with Crippen LogP contribution in [0.1, 0.15) is 46.1 Å². The zero-order valence-corrected chi connectivity index (χ0v) is 12.6. The zero-order chi connectivity index (χ0) is 15.4. The Kier molecular flexibility index (Phi) is 4.93. The minimum atomic E-state index is -0.852. The van der Waals surface area contributed by atoms with Gasteiger partial charge in [0.25, 0.3) is 0 Å². The van der Waals surface area contributed by atoms with E-state index in [1.165, 1.54) is 0 Å². The molecule has 2 N–H and O–H groups in total. The smallest absolute Gasteiger partial charge is 0.303 e. The van der Waals surface area contributed by atoms with Gasteiger partial charge in [0.15, 0.2) is 0 Å². The maximum absolute atomic E-state index is 12.5. The van der Waals surface area contributed by atoms with E-state index in [4.69, 9.17) is 5.11 Å². The molecule has 0 bridgehead atoms. The minimum Gasteiger partial charge on any atom is -0.481 e. The molecule has 0 aliphatic heterocycles. The van der Waals surface area contributed by atoms with E-state index in [2.05, 4.69) is 5.32 Å². The molecule has 0 saturated heterocycles. The summed E-state index contributed by atoms with van der Waals surface area (Å²) in [4.78, 5) is 23.1.